The molecule has 0 aliphatic carbocycles. The lowest BCUT2D eigenvalue weighted by Crippen LogP contribution is -2.18. The van der Waals surface area contributed by atoms with E-state index in [1.165, 1.54) is 6.33 Å². The quantitative estimate of drug-likeness (QED) is 0.852. The zero-order valence-corrected chi connectivity index (χ0v) is 10.8. The van der Waals surface area contributed by atoms with Crippen molar-refractivity contribution in [2.75, 3.05) is 5.32 Å². The second-order valence-corrected chi connectivity index (χ2v) is 4.52. The molecular weight excluding hydrogens is 284 g/mol. The Morgan fingerprint density at radius 1 is 1.47 bits per heavy atom. The highest BCUT2D eigenvalue weighted by molar-refractivity contribution is 9.10. The number of anilines is 1. The summed E-state index contributed by atoms with van der Waals surface area (Å²) in [6, 6.07) is 1.59. The Balaban J connectivity index is 2.46. The summed E-state index contributed by atoms with van der Waals surface area (Å²) in [5.74, 6) is 0.672. The number of hydrogen-bond acceptors (Lipinski definition) is 5. The first-order chi connectivity index (χ1) is 8.08. The van der Waals surface area contributed by atoms with Gasteiger partial charge in [0.05, 0.1) is 11.4 Å². The van der Waals surface area contributed by atoms with Crippen LogP contribution >= 0.6 is 15.9 Å². The van der Waals surface area contributed by atoms with E-state index in [-0.39, 0.29) is 11.8 Å². The molecule has 5 nitrogen and oxygen atoms in total. The molecule has 0 saturated carbocycles. The number of fused-ring (bicyclic) bond motifs is 1. The van der Waals surface area contributed by atoms with Crippen molar-refractivity contribution < 1.29 is 5.11 Å². The van der Waals surface area contributed by atoms with Gasteiger partial charge >= 0.3 is 0 Å². The molecule has 0 aliphatic heterocycles. The van der Waals surface area contributed by atoms with Gasteiger partial charge in [0, 0.05) is 10.7 Å². The number of nitrogens with zero attached hydrogens (tertiary/aromatic N) is 3. The SMILES string of the molecule is C=C(O)C(C)Nc1ncnc2ncc(Br)cc12. The van der Waals surface area contributed by atoms with Crippen molar-refractivity contribution in [3.63, 3.8) is 0 Å². The Hall–Kier alpha value is -1.69. The molecule has 1 atom stereocenters. The Labute approximate surface area is 107 Å². The molecule has 0 fully saturated rings. The normalized spacial score (nSPS) is 12.4. The van der Waals surface area contributed by atoms with Gasteiger partial charge in [-0.25, -0.2) is 15.0 Å². The topological polar surface area (TPSA) is 70.9 Å². The average Bonchev–Trinajstić information content (AvgIpc) is 2.29. The van der Waals surface area contributed by atoms with Crippen LogP contribution in [0.2, 0.25) is 0 Å². The fourth-order valence-electron chi connectivity index (χ4n) is 1.32. The van der Waals surface area contributed by atoms with Crippen molar-refractivity contribution in [1.82, 2.24) is 15.0 Å². The van der Waals surface area contributed by atoms with Gasteiger partial charge in [-0.1, -0.05) is 6.58 Å². The minimum atomic E-state index is -0.285. The van der Waals surface area contributed by atoms with E-state index in [4.69, 9.17) is 0 Å². The zero-order chi connectivity index (χ0) is 12.4. The number of rotatable bonds is 3. The largest absolute Gasteiger partial charge is 0.511 e. The maximum atomic E-state index is 9.28. The summed E-state index contributed by atoms with van der Waals surface area (Å²) in [5, 5.41) is 13.1. The molecule has 0 aliphatic rings. The van der Waals surface area contributed by atoms with E-state index in [9.17, 15) is 5.11 Å². The summed E-state index contributed by atoms with van der Waals surface area (Å²) < 4.78 is 0.846. The second kappa shape index (κ2) is 4.67. The van der Waals surface area contributed by atoms with Gasteiger partial charge in [0.25, 0.3) is 0 Å². The predicted molar refractivity (Wildman–Crippen MR) is 69.9 cm³/mol. The van der Waals surface area contributed by atoms with Crippen LogP contribution in [0.4, 0.5) is 5.82 Å². The molecule has 6 heteroatoms. The number of nitrogens with one attached hydrogen (secondary N) is 1. The Morgan fingerprint density at radius 2 is 2.24 bits per heavy atom. The van der Waals surface area contributed by atoms with Crippen molar-refractivity contribution in [3.8, 4) is 0 Å². The van der Waals surface area contributed by atoms with E-state index >= 15 is 0 Å². The van der Waals surface area contributed by atoms with E-state index in [1.807, 2.05) is 6.07 Å². The summed E-state index contributed by atoms with van der Waals surface area (Å²) in [6.45, 7) is 5.27. The Morgan fingerprint density at radius 3 is 2.94 bits per heavy atom. The van der Waals surface area contributed by atoms with Crippen molar-refractivity contribution in [3.05, 3.63) is 35.4 Å². The maximum Gasteiger partial charge on any atom is 0.164 e. The van der Waals surface area contributed by atoms with Crippen molar-refractivity contribution in [2.45, 2.75) is 13.0 Å². The highest BCUT2D eigenvalue weighted by Crippen LogP contribution is 2.22. The highest BCUT2D eigenvalue weighted by Gasteiger charge is 2.10. The molecule has 2 heterocycles. The number of hydrogen-bond donors (Lipinski definition) is 2. The molecule has 0 aromatic carbocycles. The molecule has 17 heavy (non-hydrogen) atoms. The zero-order valence-electron chi connectivity index (χ0n) is 9.18. The van der Waals surface area contributed by atoms with Crippen LogP contribution in [0.5, 0.6) is 0 Å². The lowest BCUT2D eigenvalue weighted by atomic mass is 10.2. The molecule has 0 saturated heterocycles. The lowest BCUT2D eigenvalue weighted by molar-refractivity contribution is 0.384. The molecule has 0 radical (unpaired) electrons. The van der Waals surface area contributed by atoms with Crippen LogP contribution in [0.3, 0.4) is 0 Å². The Bertz CT molecular complexity index is 572. The molecule has 2 N–H and O–H groups in total. The van der Waals surface area contributed by atoms with Gasteiger partial charge < -0.3 is 10.4 Å². The van der Waals surface area contributed by atoms with Gasteiger partial charge in [-0.3, -0.25) is 0 Å². The van der Waals surface area contributed by atoms with E-state index in [0.717, 1.165) is 9.86 Å². The third-order valence-electron chi connectivity index (χ3n) is 2.31. The van der Waals surface area contributed by atoms with Crippen LogP contribution in [-0.2, 0) is 0 Å². The molecule has 1 unspecified atom stereocenters. The molecule has 2 aromatic heterocycles. The van der Waals surface area contributed by atoms with Crippen LogP contribution in [0, 0.1) is 0 Å². The van der Waals surface area contributed by atoms with Gasteiger partial charge in [0.15, 0.2) is 5.65 Å². The molecule has 2 aromatic rings. The first-order valence-electron chi connectivity index (χ1n) is 4.98. The summed E-state index contributed by atoms with van der Waals surface area (Å²) in [7, 11) is 0. The highest BCUT2D eigenvalue weighted by atomic mass is 79.9. The maximum absolute atomic E-state index is 9.28. The van der Waals surface area contributed by atoms with Gasteiger partial charge in [-0.05, 0) is 28.9 Å². The molecule has 88 valence electrons. The van der Waals surface area contributed by atoms with Gasteiger partial charge in [0.2, 0.25) is 0 Å². The Kier molecular flexibility index (Phi) is 3.23. The number of aliphatic hydroxyl groups excluding tert-OH is 1. The smallest absolute Gasteiger partial charge is 0.164 e. The molecule has 0 amide bonds. The first kappa shape index (κ1) is 11.8. The van der Waals surface area contributed by atoms with Crippen LogP contribution in [0.1, 0.15) is 6.92 Å². The minimum absolute atomic E-state index is 0.0553. The van der Waals surface area contributed by atoms with Crippen molar-refractivity contribution in [1.29, 1.82) is 0 Å². The van der Waals surface area contributed by atoms with E-state index in [0.29, 0.717) is 11.5 Å². The van der Waals surface area contributed by atoms with Crippen LogP contribution in [-0.4, -0.2) is 26.1 Å². The standard InChI is InChI=1S/C11H11BrN4O/c1-6(7(2)17)16-11-9-3-8(12)4-13-10(9)14-5-15-11/h3-6,17H,2H2,1H3,(H,13,14,15,16). The van der Waals surface area contributed by atoms with E-state index in [2.05, 4.69) is 42.8 Å². The van der Waals surface area contributed by atoms with Crippen LogP contribution in [0.25, 0.3) is 11.0 Å². The first-order valence-corrected chi connectivity index (χ1v) is 5.78. The summed E-state index contributed by atoms with van der Waals surface area (Å²) in [4.78, 5) is 12.4. The second-order valence-electron chi connectivity index (χ2n) is 3.60. The third-order valence-corrected chi connectivity index (χ3v) is 2.74. The van der Waals surface area contributed by atoms with Crippen molar-refractivity contribution in [2.24, 2.45) is 0 Å². The molecule has 0 spiro atoms. The predicted octanol–water partition coefficient (Wildman–Crippen LogP) is 2.66. The third kappa shape index (κ3) is 2.52. The van der Waals surface area contributed by atoms with Crippen LogP contribution < -0.4 is 5.32 Å². The molecular formula is C11H11BrN4O. The lowest BCUT2D eigenvalue weighted by Gasteiger charge is -2.14. The number of aliphatic hydroxyl groups is 1. The number of pyridine rings is 1. The summed E-state index contributed by atoms with van der Waals surface area (Å²) >= 11 is 3.35. The number of halogens is 1. The summed E-state index contributed by atoms with van der Waals surface area (Å²) in [6.07, 6.45) is 3.10. The molecule has 0 bridgehead atoms. The van der Waals surface area contributed by atoms with E-state index < -0.39 is 0 Å². The summed E-state index contributed by atoms with van der Waals surface area (Å²) in [5.41, 5.74) is 0.599. The van der Waals surface area contributed by atoms with Gasteiger partial charge in [-0.15, -0.1) is 0 Å². The van der Waals surface area contributed by atoms with E-state index in [1.54, 1.807) is 13.1 Å². The number of aromatic nitrogens is 3. The fourth-order valence-corrected chi connectivity index (χ4v) is 1.65. The monoisotopic (exact) mass is 294 g/mol. The van der Waals surface area contributed by atoms with Crippen LogP contribution in [0.15, 0.2) is 35.4 Å². The van der Waals surface area contributed by atoms with Gasteiger partial charge in [-0.2, -0.15) is 0 Å². The average molecular weight is 295 g/mol. The van der Waals surface area contributed by atoms with Gasteiger partial charge in [0.1, 0.15) is 17.9 Å². The molecule has 2 rings (SSSR count). The fraction of sp³-hybridized carbons (Fsp3) is 0.182. The minimum Gasteiger partial charge on any atom is -0.511 e. The van der Waals surface area contributed by atoms with Crippen molar-refractivity contribution >= 4 is 32.8 Å².